The summed E-state index contributed by atoms with van der Waals surface area (Å²) in [5.74, 6) is 0.442. The lowest BCUT2D eigenvalue weighted by molar-refractivity contribution is 0.505. The Morgan fingerprint density at radius 3 is 2.53 bits per heavy atom. The van der Waals surface area contributed by atoms with Crippen LogP contribution in [0, 0.1) is 5.92 Å². The molecule has 0 saturated heterocycles. The van der Waals surface area contributed by atoms with Crippen LogP contribution in [0.5, 0.6) is 0 Å². The molecule has 1 heterocycles. The molecule has 17 heavy (non-hydrogen) atoms. The van der Waals surface area contributed by atoms with Crippen molar-refractivity contribution in [1.29, 1.82) is 0 Å². The van der Waals surface area contributed by atoms with Crippen LogP contribution in [0.25, 0.3) is 11.3 Å². The predicted octanol–water partition coefficient (Wildman–Crippen LogP) is 2.57. The quantitative estimate of drug-likeness (QED) is 0.809. The van der Waals surface area contributed by atoms with Crippen molar-refractivity contribution in [3.05, 3.63) is 53.1 Å². The van der Waals surface area contributed by atoms with Crippen LogP contribution in [0.3, 0.4) is 0 Å². The Balaban J connectivity index is 2.35. The SMILES string of the molecule is CC(C)Cn1cnc(-c2ccccc2)cc1=O. The van der Waals surface area contributed by atoms with Crippen LogP contribution in [0.15, 0.2) is 47.5 Å². The number of rotatable bonds is 3. The molecule has 1 aromatic heterocycles. The summed E-state index contributed by atoms with van der Waals surface area (Å²) in [6.45, 7) is 4.87. The maximum absolute atomic E-state index is 11.9. The topological polar surface area (TPSA) is 34.9 Å². The van der Waals surface area contributed by atoms with E-state index in [2.05, 4.69) is 18.8 Å². The molecule has 0 radical (unpaired) electrons. The van der Waals surface area contributed by atoms with Gasteiger partial charge in [-0.3, -0.25) is 9.36 Å². The van der Waals surface area contributed by atoms with Crippen molar-refractivity contribution in [2.45, 2.75) is 20.4 Å². The molecule has 0 fully saturated rings. The first-order valence-corrected chi connectivity index (χ1v) is 5.78. The first-order chi connectivity index (χ1) is 8.16. The molecule has 0 unspecified atom stereocenters. The molecule has 0 N–H and O–H groups in total. The van der Waals surface area contributed by atoms with E-state index in [1.54, 1.807) is 17.0 Å². The third kappa shape index (κ3) is 2.81. The fourth-order valence-corrected chi connectivity index (χ4v) is 1.72. The van der Waals surface area contributed by atoms with Crippen LogP contribution < -0.4 is 5.56 Å². The van der Waals surface area contributed by atoms with Crippen LogP contribution in [-0.2, 0) is 6.54 Å². The summed E-state index contributed by atoms with van der Waals surface area (Å²) in [7, 11) is 0. The van der Waals surface area contributed by atoms with Gasteiger partial charge in [0.2, 0.25) is 0 Å². The molecule has 0 aliphatic carbocycles. The Morgan fingerprint density at radius 1 is 1.24 bits per heavy atom. The minimum atomic E-state index is 0.00699. The summed E-state index contributed by atoms with van der Waals surface area (Å²) in [4.78, 5) is 16.2. The standard InChI is InChI=1S/C14H16N2O/c1-11(2)9-16-10-15-13(8-14(16)17)12-6-4-3-5-7-12/h3-8,10-11H,9H2,1-2H3. The van der Waals surface area contributed by atoms with Crippen molar-refractivity contribution in [2.24, 2.45) is 5.92 Å². The molecular formula is C14H16N2O. The second kappa shape index (κ2) is 4.95. The second-order valence-corrected chi connectivity index (χ2v) is 4.52. The Morgan fingerprint density at radius 2 is 1.94 bits per heavy atom. The first kappa shape index (κ1) is 11.6. The van der Waals surface area contributed by atoms with Crippen molar-refractivity contribution in [1.82, 2.24) is 9.55 Å². The van der Waals surface area contributed by atoms with Gasteiger partial charge in [-0.15, -0.1) is 0 Å². The Bertz CT molecular complexity index is 544. The molecule has 0 amide bonds. The van der Waals surface area contributed by atoms with Crippen molar-refractivity contribution in [3.63, 3.8) is 0 Å². The maximum Gasteiger partial charge on any atom is 0.253 e. The van der Waals surface area contributed by atoms with E-state index in [-0.39, 0.29) is 5.56 Å². The van der Waals surface area contributed by atoms with E-state index >= 15 is 0 Å². The lowest BCUT2D eigenvalue weighted by atomic mass is 10.1. The van der Waals surface area contributed by atoms with Crippen molar-refractivity contribution >= 4 is 0 Å². The average Bonchev–Trinajstić information content (AvgIpc) is 2.32. The van der Waals surface area contributed by atoms with Crippen LogP contribution in [-0.4, -0.2) is 9.55 Å². The summed E-state index contributed by atoms with van der Waals surface area (Å²) in [5, 5.41) is 0. The third-order valence-corrected chi connectivity index (χ3v) is 2.51. The Kier molecular flexibility index (Phi) is 3.38. The van der Waals surface area contributed by atoms with Crippen LogP contribution >= 0.6 is 0 Å². The molecule has 3 heteroatoms. The highest BCUT2D eigenvalue weighted by Crippen LogP contribution is 2.13. The Hall–Kier alpha value is -1.90. The van der Waals surface area contributed by atoms with Crippen LogP contribution in [0.1, 0.15) is 13.8 Å². The summed E-state index contributed by atoms with van der Waals surface area (Å²) in [6.07, 6.45) is 1.63. The van der Waals surface area contributed by atoms with Crippen molar-refractivity contribution in [2.75, 3.05) is 0 Å². The van der Waals surface area contributed by atoms with Gasteiger partial charge in [-0.05, 0) is 5.92 Å². The van der Waals surface area contributed by atoms with Gasteiger partial charge in [0, 0.05) is 18.2 Å². The van der Waals surface area contributed by atoms with E-state index in [1.165, 1.54) is 0 Å². The van der Waals surface area contributed by atoms with Gasteiger partial charge in [0.1, 0.15) is 0 Å². The zero-order valence-electron chi connectivity index (χ0n) is 10.1. The van der Waals surface area contributed by atoms with Gasteiger partial charge in [-0.25, -0.2) is 4.98 Å². The van der Waals surface area contributed by atoms with E-state index in [9.17, 15) is 4.79 Å². The van der Waals surface area contributed by atoms with Gasteiger partial charge < -0.3 is 0 Å². The van der Waals surface area contributed by atoms with Gasteiger partial charge in [0.05, 0.1) is 12.0 Å². The summed E-state index contributed by atoms with van der Waals surface area (Å²) in [5.41, 5.74) is 1.71. The summed E-state index contributed by atoms with van der Waals surface area (Å²) >= 11 is 0. The number of nitrogens with zero attached hydrogens (tertiary/aromatic N) is 2. The first-order valence-electron chi connectivity index (χ1n) is 5.78. The van der Waals surface area contributed by atoms with Gasteiger partial charge in [-0.1, -0.05) is 44.2 Å². The lowest BCUT2D eigenvalue weighted by Crippen LogP contribution is -2.22. The zero-order valence-corrected chi connectivity index (χ0v) is 10.1. The summed E-state index contributed by atoms with van der Waals surface area (Å²) < 4.78 is 1.65. The molecule has 0 bridgehead atoms. The number of aromatic nitrogens is 2. The van der Waals surface area contributed by atoms with E-state index in [0.29, 0.717) is 12.5 Å². The number of hydrogen-bond donors (Lipinski definition) is 0. The van der Waals surface area contributed by atoms with Gasteiger partial charge in [0.25, 0.3) is 5.56 Å². The van der Waals surface area contributed by atoms with E-state index in [4.69, 9.17) is 0 Å². The zero-order chi connectivity index (χ0) is 12.3. The predicted molar refractivity (Wildman–Crippen MR) is 68.8 cm³/mol. The highest BCUT2D eigenvalue weighted by molar-refractivity contribution is 5.57. The highest BCUT2D eigenvalue weighted by atomic mass is 16.1. The molecule has 0 atom stereocenters. The van der Waals surface area contributed by atoms with Gasteiger partial charge >= 0.3 is 0 Å². The molecule has 2 rings (SSSR count). The largest absolute Gasteiger partial charge is 0.299 e. The van der Waals surface area contributed by atoms with Gasteiger partial charge in [-0.2, -0.15) is 0 Å². The molecule has 0 aliphatic heterocycles. The van der Waals surface area contributed by atoms with Crippen LogP contribution in [0.4, 0.5) is 0 Å². The molecule has 88 valence electrons. The number of hydrogen-bond acceptors (Lipinski definition) is 2. The molecule has 0 spiro atoms. The highest BCUT2D eigenvalue weighted by Gasteiger charge is 2.03. The molecule has 1 aromatic carbocycles. The smallest absolute Gasteiger partial charge is 0.253 e. The van der Waals surface area contributed by atoms with Crippen molar-refractivity contribution < 1.29 is 0 Å². The van der Waals surface area contributed by atoms with Gasteiger partial charge in [0.15, 0.2) is 0 Å². The van der Waals surface area contributed by atoms with E-state index in [0.717, 1.165) is 11.3 Å². The normalized spacial score (nSPS) is 10.8. The fraction of sp³-hybridized carbons (Fsp3) is 0.286. The van der Waals surface area contributed by atoms with E-state index < -0.39 is 0 Å². The van der Waals surface area contributed by atoms with E-state index in [1.807, 2.05) is 30.3 Å². The monoisotopic (exact) mass is 228 g/mol. The number of benzene rings is 1. The molecular weight excluding hydrogens is 212 g/mol. The minimum Gasteiger partial charge on any atom is -0.299 e. The Labute approximate surface area is 101 Å². The summed E-state index contributed by atoms with van der Waals surface area (Å²) in [6, 6.07) is 11.3. The van der Waals surface area contributed by atoms with Crippen LogP contribution in [0.2, 0.25) is 0 Å². The molecule has 2 aromatic rings. The molecule has 0 saturated carbocycles. The minimum absolute atomic E-state index is 0.00699. The van der Waals surface area contributed by atoms with Crippen molar-refractivity contribution in [3.8, 4) is 11.3 Å². The second-order valence-electron chi connectivity index (χ2n) is 4.52. The molecule has 0 aliphatic rings. The fourth-order valence-electron chi connectivity index (χ4n) is 1.72. The average molecular weight is 228 g/mol. The third-order valence-electron chi connectivity index (χ3n) is 2.51. The molecule has 3 nitrogen and oxygen atoms in total. The lowest BCUT2D eigenvalue weighted by Gasteiger charge is -2.08. The maximum atomic E-state index is 11.9.